The van der Waals surface area contributed by atoms with Gasteiger partial charge in [0.15, 0.2) is 0 Å². The van der Waals surface area contributed by atoms with Gasteiger partial charge >= 0.3 is 0 Å². The molecule has 190 valence electrons. The lowest BCUT2D eigenvalue weighted by atomic mass is 9.97. The molecule has 1 N–H and O–H groups in total. The molecule has 0 radical (unpaired) electrons. The van der Waals surface area contributed by atoms with Gasteiger partial charge in [0.1, 0.15) is 22.6 Å². The molecular formula is C30H31N3O4. The van der Waals surface area contributed by atoms with Crippen molar-refractivity contribution in [1.82, 2.24) is 9.80 Å². The number of hydrogen-bond donors (Lipinski definition) is 1. The normalized spacial score (nSPS) is 23.9. The molecule has 7 nitrogen and oxygen atoms in total. The van der Waals surface area contributed by atoms with Gasteiger partial charge in [-0.05, 0) is 67.3 Å². The molecule has 0 bridgehead atoms. The number of carbonyl (C=O) groups excluding carboxylic acids is 2. The van der Waals surface area contributed by atoms with Crippen LogP contribution in [-0.4, -0.2) is 63.3 Å². The molecular weight excluding hydrogens is 466 g/mol. The molecule has 0 unspecified atom stereocenters. The number of hydrogen-bond acceptors (Lipinski definition) is 5. The molecule has 3 heterocycles. The molecule has 3 fully saturated rings. The topological polar surface area (TPSA) is 86.4 Å². The Labute approximate surface area is 215 Å². The van der Waals surface area contributed by atoms with Crippen molar-refractivity contribution in [3.63, 3.8) is 0 Å². The summed E-state index contributed by atoms with van der Waals surface area (Å²) >= 11 is 0. The summed E-state index contributed by atoms with van der Waals surface area (Å²) in [6.45, 7) is 1.78. The Morgan fingerprint density at radius 2 is 1.73 bits per heavy atom. The minimum atomic E-state index is -1.14. The highest BCUT2D eigenvalue weighted by molar-refractivity contribution is 6.15. The lowest BCUT2D eigenvalue weighted by Gasteiger charge is -2.26. The van der Waals surface area contributed by atoms with E-state index in [-0.39, 0.29) is 17.7 Å². The van der Waals surface area contributed by atoms with Gasteiger partial charge in [-0.3, -0.25) is 19.5 Å². The van der Waals surface area contributed by atoms with Crippen LogP contribution < -0.4 is 0 Å². The summed E-state index contributed by atoms with van der Waals surface area (Å²) < 4.78 is 5.47. The molecule has 7 heteroatoms. The molecule has 2 aliphatic carbocycles. The van der Waals surface area contributed by atoms with E-state index in [1.807, 2.05) is 17.0 Å². The summed E-state index contributed by atoms with van der Waals surface area (Å²) in [5.74, 6) is 0.903. The first-order valence-corrected chi connectivity index (χ1v) is 13.5. The van der Waals surface area contributed by atoms with E-state index in [1.165, 1.54) is 0 Å². The van der Waals surface area contributed by atoms with Crippen LogP contribution in [0.3, 0.4) is 0 Å². The quantitative estimate of drug-likeness (QED) is 0.567. The van der Waals surface area contributed by atoms with Gasteiger partial charge in [-0.2, -0.15) is 0 Å². The number of carbonyl (C=O) groups is 2. The van der Waals surface area contributed by atoms with Crippen LogP contribution in [0, 0.1) is 5.92 Å². The van der Waals surface area contributed by atoms with E-state index in [0.717, 1.165) is 65.6 Å². The predicted octanol–water partition coefficient (Wildman–Crippen LogP) is 4.37. The van der Waals surface area contributed by atoms with Gasteiger partial charge in [-0.1, -0.05) is 43.2 Å². The van der Waals surface area contributed by atoms with Crippen LogP contribution in [0.25, 0.3) is 22.1 Å². The number of furan rings is 1. The average molecular weight is 498 g/mol. The van der Waals surface area contributed by atoms with Crippen molar-refractivity contribution in [2.75, 3.05) is 19.6 Å². The van der Waals surface area contributed by atoms with E-state index in [0.29, 0.717) is 32.5 Å². The fourth-order valence-electron chi connectivity index (χ4n) is 6.34. The molecule has 3 aromatic rings. The number of aliphatic hydroxyl groups is 1. The highest BCUT2D eigenvalue weighted by Crippen LogP contribution is 2.41. The molecule has 1 atom stereocenters. The predicted molar refractivity (Wildman–Crippen MR) is 140 cm³/mol. The molecule has 2 aliphatic heterocycles. The largest absolute Gasteiger partial charge is 0.464 e. The first-order chi connectivity index (χ1) is 17.9. The Morgan fingerprint density at radius 3 is 2.49 bits per heavy atom. The third kappa shape index (κ3) is 3.79. The summed E-state index contributed by atoms with van der Waals surface area (Å²) in [4.78, 5) is 35.2. The third-order valence-electron chi connectivity index (χ3n) is 8.71. The van der Waals surface area contributed by atoms with Crippen LogP contribution in [0.15, 0.2) is 64.2 Å². The maximum atomic E-state index is 13.8. The summed E-state index contributed by atoms with van der Waals surface area (Å²) in [5.41, 5.74) is 2.27. The van der Waals surface area contributed by atoms with Gasteiger partial charge in [0, 0.05) is 30.6 Å². The number of amides is 2. The molecule has 1 aromatic heterocycles. The Bertz CT molecular complexity index is 1410. The van der Waals surface area contributed by atoms with Crippen molar-refractivity contribution < 1.29 is 19.1 Å². The van der Waals surface area contributed by atoms with Crippen LogP contribution in [0.5, 0.6) is 0 Å². The first-order valence-electron chi connectivity index (χ1n) is 13.5. The number of benzene rings is 2. The van der Waals surface area contributed by atoms with Crippen LogP contribution in [0.4, 0.5) is 0 Å². The average Bonchev–Trinajstić information content (AvgIpc) is 3.40. The number of rotatable bonds is 5. The zero-order valence-electron chi connectivity index (χ0n) is 20.9. The molecule has 37 heavy (non-hydrogen) atoms. The second-order valence-corrected chi connectivity index (χ2v) is 11.3. The molecule has 2 aromatic carbocycles. The van der Waals surface area contributed by atoms with Crippen molar-refractivity contribution in [2.24, 2.45) is 10.9 Å². The van der Waals surface area contributed by atoms with Gasteiger partial charge in [-0.25, -0.2) is 0 Å². The number of aliphatic imine (C=N–C) groups is 1. The zero-order valence-corrected chi connectivity index (χ0v) is 20.9. The van der Waals surface area contributed by atoms with E-state index in [1.54, 1.807) is 11.2 Å². The van der Waals surface area contributed by atoms with E-state index in [9.17, 15) is 14.7 Å². The van der Waals surface area contributed by atoms with Gasteiger partial charge in [0.2, 0.25) is 0 Å². The van der Waals surface area contributed by atoms with Gasteiger partial charge in [0.05, 0.1) is 6.26 Å². The third-order valence-corrected chi connectivity index (χ3v) is 8.71. The smallest absolute Gasteiger partial charge is 0.256 e. The number of amidine groups is 1. The number of likely N-dealkylation sites (tertiary alicyclic amines) is 1. The maximum absolute atomic E-state index is 13.8. The molecule has 2 saturated carbocycles. The minimum Gasteiger partial charge on any atom is -0.464 e. The van der Waals surface area contributed by atoms with Gasteiger partial charge in [-0.15, -0.1) is 0 Å². The van der Waals surface area contributed by atoms with Crippen LogP contribution in [0.1, 0.15) is 50.5 Å². The van der Waals surface area contributed by atoms with Crippen LogP contribution in [-0.2, 0) is 9.59 Å². The van der Waals surface area contributed by atoms with Crippen molar-refractivity contribution in [2.45, 2.75) is 56.1 Å². The molecule has 1 spiro atoms. The summed E-state index contributed by atoms with van der Waals surface area (Å²) in [6.07, 6.45) is 7.31. The minimum absolute atomic E-state index is 0.111. The maximum Gasteiger partial charge on any atom is 0.256 e. The molecule has 2 amide bonds. The second-order valence-electron chi connectivity index (χ2n) is 11.3. The molecule has 4 aliphatic rings. The van der Waals surface area contributed by atoms with E-state index >= 15 is 0 Å². The van der Waals surface area contributed by atoms with E-state index < -0.39 is 11.1 Å². The number of nitrogens with zero attached hydrogens (tertiary/aromatic N) is 3. The number of fused-ring (bicyclic) bond motifs is 1. The standard InChI is InChI=1S/C30H31N3O4/c34-27-29(11-1-2-12-29)31-26(33(27)19-20-9-15-32(18-20)28(35)30(36)13-14-30)22-5-3-21(4-6-22)23-7-8-25-24(17-23)10-16-37-25/h3-8,10,16-17,20,36H,1-2,9,11-15,18-19H2/t20-/m1/s1. The van der Waals surface area contributed by atoms with Crippen molar-refractivity contribution in [3.8, 4) is 11.1 Å². The summed E-state index contributed by atoms with van der Waals surface area (Å²) in [5, 5.41) is 11.3. The highest BCUT2D eigenvalue weighted by atomic mass is 16.3. The SMILES string of the molecule is O=C(N1CC[C@@H](CN2C(=O)C3(CCCC3)N=C2c2ccc(-c3ccc4occc4c3)cc2)C1)C1(O)CC1. The molecule has 7 rings (SSSR count). The highest BCUT2D eigenvalue weighted by Gasteiger charge is 2.53. The first kappa shape index (κ1) is 22.7. The fraction of sp³-hybridized carbons (Fsp3) is 0.433. The Morgan fingerprint density at radius 1 is 1.00 bits per heavy atom. The van der Waals surface area contributed by atoms with Crippen LogP contribution >= 0.6 is 0 Å². The fourth-order valence-corrected chi connectivity index (χ4v) is 6.34. The summed E-state index contributed by atoms with van der Waals surface area (Å²) in [6, 6.07) is 16.4. The lowest BCUT2D eigenvalue weighted by molar-refractivity contribution is -0.141. The molecule has 1 saturated heterocycles. The Hall–Kier alpha value is -3.45. The van der Waals surface area contributed by atoms with Crippen molar-refractivity contribution in [1.29, 1.82) is 0 Å². The Kier molecular flexibility index (Phi) is 5.09. The second kappa shape index (κ2) is 8.28. The van der Waals surface area contributed by atoms with Gasteiger partial charge in [0.25, 0.3) is 11.8 Å². The Balaban J connectivity index is 1.14. The van der Waals surface area contributed by atoms with Gasteiger partial charge < -0.3 is 14.4 Å². The van der Waals surface area contributed by atoms with Crippen molar-refractivity contribution in [3.05, 3.63) is 60.4 Å². The van der Waals surface area contributed by atoms with Crippen molar-refractivity contribution >= 4 is 28.6 Å². The monoisotopic (exact) mass is 497 g/mol. The lowest BCUT2D eigenvalue weighted by Crippen LogP contribution is -2.44. The summed E-state index contributed by atoms with van der Waals surface area (Å²) in [7, 11) is 0. The van der Waals surface area contributed by atoms with E-state index in [4.69, 9.17) is 9.41 Å². The zero-order chi connectivity index (χ0) is 25.2. The van der Waals surface area contributed by atoms with E-state index in [2.05, 4.69) is 36.4 Å². The van der Waals surface area contributed by atoms with Crippen LogP contribution in [0.2, 0.25) is 0 Å².